The fourth-order valence-corrected chi connectivity index (χ4v) is 1.92. The quantitative estimate of drug-likeness (QED) is 0.516. The number of hydrogen-bond donors (Lipinski definition) is 3. The monoisotopic (exact) mass is 288 g/mol. The van der Waals surface area contributed by atoms with Gasteiger partial charge in [-0.25, -0.2) is 13.1 Å². The maximum Gasteiger partial charge on any atom is 0.224 e. The molecular weight excluding hydrogens is 272 g/mol. The fraction of sp³-hybridized carbons (Fsp3) is 0.364. The summed E-state index contributed by atoms with van der Waals surface area (Å²) < 4.78 is 23.8. The second-order valence-electron chi connectivity index (χ2n) is 3.86. The van der Waals surface area contributed by atoms with Crippen LogP contribution in [0, 0.1) is 0 Å². The lowest BCUT2D eigenvalue weighted by atomic mass is 10.1. The van der Waals surface area contributed by atoms with E-state index in [-0.39, 0.29) is 25.4 Å². The first-order valence-corrected chi connectivity index (χ1v) is 7.70. The van der Waals surface area contributed by atoms with Crippen molar-refractivity contribution >= 4 is 28.6 Å². The second kappa shape index (κ2) is 6.77. The Balaban J connectivity index is 2.28. The zero-order chi connectivity index (χ0) is 13.6. The molecule has 1 aromatic rings. The minimum Gasteiger partial charge on any atom is -0.355 e. The number of carbonyl (C=O) groups is 1. The molecule has 0 radical (unpaired) electrons. The summed E-state index contributed by atoms with van der Waals surface area (Å²) in [6.45, 7) is 0.469. The van der Waals surface area contributed by atoms with Crippen molar-refractivity contribution in [2.24, 2.45) is 0 Å². The molecule has 5 nitrogen and oxygen atoms in total. The van der Waals surface area contributed by atoms with Gasteiger partial charge in [0.15, 0.2) is 0 Å². The third kappa shape index (κ3) is 6.63. The number of nitrogens with one attached hydrogen (secondary N) is 2. The molecule has 0 atom stereocenters. The van der Waals surface area contributed by atoms with Crippen molar-refractivity contribution in [1.29, 1.82) is 0 Å². The molecule has 1 rings (SSSR count). The average Bonchev–Trinajstić information content (AvgIpc) is 2.26. The van der Waals surface area contributed by atoms with Crippen molar-refractivity contribution < 1.29 is 13.2 Å². The summed E-state index contributed by atoms with van der Waals surface area (Å²) in [6.07, 6.45) is 1.35. The summed E-state index contributed by atoms with van der Waals surface area (Å²) in [6, 6.07) is 7.29. The fourth-order valence-electron chi connectivity index (χ4n) is 1.30. The largest absolute Gasteiger partial charge is 0.355 e. The minimum absolute atomic E-state index is 0.141. The van der Waals surface area contributed by atoms with Crippen molar-refractivity contribution in [3.8, 4) is 0 Å². The highest BCUT2D eigenvalue weighted by Gasteiger charge is 2.03. The Kier molecular flexibility index (Phi) is 5.64. The molecule has 0 aromatic heterocycles. The van der Waals surface area contributed by atoms with Crippen LogP contribution in [0.4, 0.5) is 0 Å². The van der Waals surface area contributed by atoms with Crippen LogP contribution in [0.2, 0.25) is 0 Å². The molecule has 0 aliphatic rings. The van der Waals surface area contributed by atoms with Crippen LogP contribution in [-0.4, -0.2) is 33.7 Å². The molecule has 0 saturated heterocycles. The summed E-state index contributed by atoms with van der Waals surface area (Å²) in [7, 11) is -3.20. The van der Waals surface area contributed by atoms with Crippen LogP contribution in [0.3, 0.4) is 0 Å². The van der Waals surface area contributed by atoms with Crippen molar-refractivity contribution in [3.63, 3.8) is 0 Å². The smallest absolute Gasteiger partial charge is 0.224 e. The average molecular weight is 288 g/mol. The molecular formula is C11H16N2O3S2. The first-order chi connectivity index (χ1) is 8.37. The van der Waals surface area contributed by atoms with E-state index in [1.54, 1.807) is 0 Å². The molecule has 0 spiro atoms. The third-order valence-electron chi connectivity index (χ3n) is 2.11. The first-order valence-electron chi connectivity index (χ1n) is 5.36. The molecule has 0 aliphatic carbocycles. The van der Waals surface area contributed by atoms with Crippen LogP contribution in [0.1, 0.15) is 5.56 Å². The van der Waals surface area contributed by atoms with Gasteiger partial charge in [0, 0.05) is 18.0 Å². The van der Waals surface area contributed by atoms with Crippen LogP contribution in [0.25, 0.3) is 0 Å². The molecule has 2 N–H and O–H groups in total. The second-order valence-corrected chi connectivity index (χ2v) is 6.21. The van der Waals surface area contributed by atoms with Gasteiger partial charge in [-0.15, -0.1) is 12.6 Å². The number of carbonyl (C=O) groups excluding carboxylic acids is 1. The lowest BCUT2D eigenvalue weighted by Crippen LogP contribution is -2.34. The standard InChI is InChI=1S/C11H16N2O3S2/c1-18(15,16)13-7-6-12-11(14)8-9-2-4-10(17)5-3-9/h2-5,13,17H,6-8H2,1H3,(H,12,14). The lowest BCUT2D eigenvalue weighted by molar-refractivity contribution is -0.120. The first kappa shape index (κ1) is 15.0. The summed E-state index contributed by atoms with van der Waals surface area (Å²) in [5.74, 6) is -0.141. The minimum atomic E-state index is -3.20. The molecule has 0 heterocycles. The number of benzene rings is 1. The number of rotatable bonds is 6. The number of amides is 1. The summed E-state index contributed by atoms with van der Waals surface area (Å²) in [5, 5.41) is 2.63. The van der Waals surface area contributed by atoms with Gasteiger partial charge < -0.3 is 5.32 Å². The predicted octanol–water partition coefficient (Wildman–Crippen LogP) is 0.183. The Labute approximate surface area is 112 Å². The highest BCUT2D eigenvalue weighted by atomic mass is 32.2. The SMILES string of the molecule is CS(=O)(=O)NCCNC(=O)Cc1ccc(S)cc1. The normalized spacial score (nSPS) is 11.2. The van der Waals surface area contributed by atoms with Crippen LogP contribution in [0.5, 0.6) is 0 Å². The van der Waals surface area contributed by atoms with E-state index in [1.807, 2.05) is 24.3 Å². The van der Waals surface area contributed by atoms with Gasteiger partial charge in [0.2, 0.25) is 15.9 Å². The van der Waals surface area contributed by atoms with E-state index in [9.17, 15) is 13.2 Å². The van der Waals surface area contributed by atoms with Crippen LogP contribution in [-0.2, 0) is 21.2 Å². The summed E-state index contributed by atoms with van der Waals surface area (Å²) in [4.78, 5) is 12.4. The lowest BCUT2D eigenvalue weighted by Gasteiger charge is -2.06. The van der Waals surface area contributed by atoms with Crippen LogP contribution in [0.15, 0.2) is 29.2 Å². The van der Waals surface area contributed by atoms with Crippen molar-refractivity contribution in [2.45, 2.75) is 11.3 Å². The van der Waals surface area contributed by atoms with E-state index in [4.69, 9.17) is 0 Å². The molecule has 1 aromatic carbocycles. The van der Waals surface area contributed by atoms with E-state index in [0.717, 1.165) is 16.7 Å². The molecule has 7 heteroatoms. The third-order valence-corrected chi connectivity index (χ3v) is 3.14. The Hall–Kier alpha value is -1.05. The number of sulfonamides is 1. The van der Waals surface area contributed by atoms with Gasteiger partial charge in [0.25, 0.3) is 0 Å². The van der Waals surface area contributed by atoms with Crippen molar-refractivity contribution in [1.82, 2.24) is 10.0 Å². The van der Waals surface area contributed by atoms with Crippen LogP contribution >= 0.6 is 12.6 Å². The van der Waals surface area contributed by atoms with Gasteiger partial charge in [-0.05, 0) is 17.7 Å². The zero-order valence-electron chi connectivity index (χ0n) is 10.0. The molecule has 0 saturated carbocycles. The number of thiol groups is 1. The highest BCUT2D eigenvalue weighted by Crippen LogP contribution is 2.07. The van der Waals surface area contributed by atoms with E-state index >= 15 is 0 Å². The molecule has 1 amide bonds. The Morgan fingerprint density at radius 2 is 1.83 bits per heavy atom. The van der Waals surface area contributed by atoms with Crippen LogP contribution < -0.4 is 10.0 Å². The Morgan fingerprint density at radius 3 is 2.39 bits per heavy atom. The molecule has 0 fully saturated rings. The Morgan fingerprint density at radius 1 is 1.22 bits per heavy atom. The molecule has 0 aliphatic heterocycles. The predicted molar refractivity (Wildman–Crippen MR) is 73.3 cm³/mol. The van der Waals surface area contributed by atoms with Gasteiger partial charge in [-0.1, -0.05) is 12.1 Å². The molecule has 18 heavy (non-hydrogen) atoms. The summed E-state index contributed by atoms with van der Waals surface area (Å²) >= 11 is 4.15. The highest BCUT2D eigenvalue weighted by molar-refractivity contribution is 7.88. The van der Waals surface area contributed by atoms with Gasteiger partial charge in [0.05, 0.1) is 12.7 Å². The zero-order valence-corrected chi connectivity index (χ0v) is 11.7. The number of hydrogen-bond acceptors (Lipinski definition) is 4. The van der Waals surface area contributed by atoms with Crippen molar-refractivity contribution in [2.75, 3.05) is 19.3 Å². The van der Waals surface area contributed by atoms with Gasteiger partial charge in [-0.3, -0.25) is 4.79 Å². The van der Waals surface area contributed by atoms with Gasteiger partial charge in [0.1, 0.15) is 0 Å². The maximum absolute atomic E-state index is 11.5. The summed E-state index contributed by atoms with van der Waals surface area (Å²) in [5.41, 5.74) is 0.890. The van der Waals surface area contributed by atoms with Crippen molar-refractivity contribution in [3.05, 3.63) is 29.8 Å². The molecule has 0 unspecified atom stereocenters. The van der Waals surface area contributed by atoms with Gasteiger partial charge >= 0.3 is 0 Å². The van der Waals surface area contributed by atoms with E-state index in [1.165, 1.54) is 0 Å². The Bertz CT molecular complexity index is 498. The molecule has 100 valence electrons. The van der Waals surface area contributed by atoms with E-state index in [0.29, 0.717) is 0 Å². The van der Waals surface area contributed by atoms with E-state index < -0.39 is 10.0 Å². The van der Waals surface area contributed by atoms with E-state index in [2.05, 4.69) is 22.7 Å². The maximum atomic E-state index is 11.5. The topological polar surface area (TPSA) is 75.3 Å². The van der Waals surface area contributed by atoms with Gasteiger partial charge in [-0.2, -0.15) is 0 Å². The molecule has 0 bridgehead atoms.